The topological polar surface area (TPSA) is 30.9 Å². The summed E-state index contributed by atoms with van der Waals surface area (Å²) >= 11 is 0. The highest BCUT2D eigenvalue weighted by atomic mass is 14.9. The average molecular weight is 198 g/mol. The summed E-state index contributed by atoms with van der Waals surface area (Å²) in [5, 5.41) is 1.21. The van der Waals surface area contributed by atoms with Gasteiger partial charge in [0.05, 0.1) is 0 Å². The second kappa shape index (κ2) is 3.65. The van der Waals surface area contributed by atoms with Crippen LogP contribution >= 0.6 is 0 Å². The van der Waals surface area contributed by atoms with Gasteiger partial charge in [-0.2, -0.15) is 0 Å². The Bertz CT molecular complexity index is 533. The quantitative estimate of drug-likeness (QED) is 0.790. The van der Waals surface area contributed by atoms with Crippen LogP contribution in [0.25, 0.3) is 23.1 Å². The molecule has 0 saturated heterocycles. The van der Waals surface area contributed by atoms with Crippen LogP contribution in [-0.4, -0.2) is 4.57 Å². The van der Waals surface area contributed by atoms with E-state index < -0.39 is 0 Å². The fourth-order valence-corrected chi connectivity index (χ4v) is 1.96. The maximum absolute atomic E-state index is 5.46. The van der Waals surface area contributed by atoms with Crippen molar-refractivity contribution in [3.05, 3.63) is 48.3 Å². The number of nitrogens with zero attached hydrogens (tertiary/aromatic N) is 1. The third kappa shape index (κ3) is 1.34. The molecule has 0 aliphatic rings. The number of para-hydroxylation sites is 1. The highest BCUT2D eigenvalue weighted by molar-refractivity contribution is 5.93. The van der Waals surface area contributed by atoms with Gasteiger partial charge in [-0.15, -0.1) is 0 Å². The molecule has 0 saturated carbocycles. The molecule has 2 N–H and O–H groups in total. The number of rotatable bonds is 2. The Hall–Kier alpha value is -1.96. The van der Waals surface area contributed by atoms with Crippen molar-refractivity contribution in [2.45, 2.75) is 0 Å². The molecule has 1 aromatic heterocycles. The Morgan fingerprint density at radius 1 is 1.33 bits per heavy atom. The molecule has 2 aromatic rings. The number of aryl methyl sites for hydroxylation is 1. The van der Waals surface area contributed by atoms with Gasteiger partial charge in [0.1, 0.15) is 0 Å². The number of hydrogen-bond donors (Lipinski definition) is 1. The molecule has 2 rings (SSSR count). The van der Waals surface area contributed by atoms with E-state index in [1.807, 2.05) is 31.3 Å². The van der Waals surface area contributed by atoms with Crippen LogP contribution in [0.5, 0.6) is 0 Å². The number of aromatic nitrogens is 1. The summed E-state index contributed by atoms with van der Waals surface area (Å²) in [5.74, 6) is 0. The summed E-state index contributed by atoms with van der Waals surface area (Å²) in [5.41, 5.74) is 8.88. The standard InChI is InChI=1S/C13H14N2/c1-3-12-11(8-9-14)10-6-4-5-7-13(10)15(12)2/h3-9H,1,14H2,2H3/b9-8-. The lowest BCUT2D eigenvalue weighted by Gasteiger charge is -1.98. The number of benzene rings is 1. The summed E-state index contributed by atoms with van der Waals surface area (Å²) in [4.78, 5) is 0. The minimum atomic E-state index is 1.10. The average Bonchev–Trinajstić information content (AvgIpc) is 2.54. The second-order valence-corrected chi connectivity index (χ2v) is 3.44. The highest BCUT2D eigenvalue weighted by Gasteiger charge is 2.09. The molecule has 0 atom stereocenters. The van der Waals surface area contributed by atoms with Crippen LogP contribution in [0.2, 0.25) is 0 Å². The number of hydrogen-bond acceptors (Lipinski definition) is 1. The molecule has 1 heterocycles. The third-order valence-corrected chi connectivity index (χ3v) is 2.65. The first kappa shape index (κ1) is 9.59. The van der Waals surface area contributed by atoms with Crippen molar-refractivity contribution in [3.63, 3.8) is 0 Å². The van der Waals surface area contributed by atoms with E-state index in [9.17, 15) is 0 Å². The van der Waals surface area contributed by atoms with Crippen molar-refractivity contribution < 1.29 is 0 Å². The van der Waals surface area contributed by atoms with Crippen LogP contribution in [0.4, 0.5) is 0 Å². The first-order chi connectivity index (χ1) is 7.29. The van der Waals surface area contributed by atoms with Crippen molar-refractivity contribution in [1.82, 2.24) is 4.57 Å². The molecular formula is C13H14N2. The van der Waals surface area contributed by atoms with Gasteiger partial charge < -0.3 is 10.3 Å². The molecule has 76 valence electrons. The van der Waals surface area contributed by atoms with E-state index >= 15 is 0 Å². The monoisotopic (exact) mass is 198 g/mol. The number of nitrogens with two attached hydrogens (primary N) is 1. The minimum Gasteiger partial charge on any atom is -0.405 e. The predicted octanol–water partition coefficient (Wildman–Crippen LogP) is 2.75. The van der Waals surface area contributed by atoms with Crippen LogP contribution in [0.3, 0.4) is 0 Å². The zero-order chi connectivity index (χ0) is 10.8. The second-order valence-electron chi connectivity index (χ2n) is 3.44. The lowest BCUT2D eigenvalue weighted by Crippen LogP contribution is -1.90. The van der Waals surface area contributed by atoms with E-state index in [0.717, 1.165) is 11.3 Å². The Balaban J connectivity index is 2.90. The first-order valence-electron chi connectivity index (χ1n) is 4.87. The SMILES string of the molecule is C=Cc1c(/C=C\N)c2ccccc2n1C. The molecule has 0 aliphatic heterocycles. The Morgan fingerprint density at radius 3 is 2.73 bits per heavy atom. The molecule has 0 amide bonds. The maximum atomic E-state index is 5.46. The molecule has 15 heavy (non-hydrogen) atoms. The zero-order valence-corrected chi connectivity index (χ0v) is 8.77. The van der Waals surface area contributed by atoms with Gasteiger partial charge in [0.25, 0.3) is 0 Å². The molecule has 2 nitrogen and oxygen atoms in total. The lowest BCUT2D eigenvalue weighted by molar-refractivity contribution is 0.953. The zero-order valence-electron chi connectivity index (χ0n) is 8.77. The lowest BCUT2D eigenvalue weighted by atomic mass is 10.1. The van der Waals surface area contributed by atoms with Gasteiger partial charge >= 0.3 is 0 Å². The van der Waals surface area contributed by atoms with Gasteiger partial charge in [-0.05, 0) is 24.4 Å². The molecular weight excluding hydrogens is 184 g/mol. The largest absolute Gasteiger partial charge is 0.405 e. The molecule has 2 heteroatoms. The van der Waals surface area contributed by atoms with E-state index in [1.54, 1.807) is 6.20 Å². The predicted molar refractivity (Wildman–Crippen MR) is 66.2 cm³/mol. The van der Waals surface area contributed by atoms with Gasteiger partial charge in [0, 0.05) is 29.2 Å². The van der Waals surface area contributed by atoms with E-state index in [2.05, 4.69) is 23.3 Å². The van der Waals surface area contributed by atoms with Crippen LogP contribution in [-0.2, 0) is 7.05 Å². The van der Waals surface area contributed by atoms with Crippen LogP contribution in [0, 0.1) is 0 Å². The molecule has 0 fully saturated rings. The fraction of sp³-hybridized carbons (Fsp3) is 0.0769. The fourth-order valence-electron chi connectivity index (χ4n) is 1.96. The molecule has 0 radical (unpaired) electrons. The van der Waals surface area contributed by atoms with Gasteiger partial charge in [0.15, 0.2) is 0 Å². The Labute approximate surface area is 89.3 Å². The summed E-state index contributed by atoms with van der Waals surface area (Å²) in [6, 6.07) is 8.25. The normalized spacial score (nSPS) is 11.3. The van der Waals surface area contributed by atoms with Crippen molar-refractivity contribution in [2.75, 3.05) is 0 Å². The van der Waals surface area contributed by atoms with Crippen LogP contribution in [0.1, 0.15) is 11.3 Å². The maximum Gasteiger partial charge on any atom is 0.0488 e. The Kier molecular flexibility index (Phi) is 2.34. The summed E-state index contributed by atoms with van der Waals surface area (Å²) in [6.07, 6.45) is 5.34. The Morgan fingerprint density at radius 2 is 2.07 bits per heavy atom. The third-order valence-electron chi connectivity index (χ3n) is 2.65. The minimum absolute atomic E-state index is 1.10. The smallest absolute Gasteiger partial charge is 0.0488 e. The van der Waals surface area contributed by atoms with Crippen LogP contribution < -0.4 is 5.73 Å². The van der Waals surface area contributed by atoms with E-state index in [1.165, 1.54) is 10.9 Å². The molecule has 1 aromatic carbocycles. The summed E-state index contributed by atoms with van der Waals surface area (Å²) in [7, 11) is 2.03. The molecule has 0 unspecified atom stereocenters. The first-order valence-corrected chi connectivity index (χ1v) is 4.87. The van der Waals surface area contributed by atoms with Crippen molar-refractivity contribution >= 4 is 23.1 Å². The van der Waals surface area contributed by atoms with Crippen molar-refractivity contribution in [3.8, 4) is 0 Å². The van der Waals surface area contributed by atoms with Gasteiger partial charge in [0.2, 0.25) is 0 Å². The molecule has 0 spiro atoms. The number of fused-ring (bicyclic) bond motifs is 1. The van der Waals surface area contributed by atoms with E-state index in [4.69, 9.17) is 5.73 Å². The van der Waals surface area contributed by atoms with E-state index in [-0.39, 0.29) is 0 Å². The van der Waals surface area contributed by atoms with Crippen LogP contribution in [0.15, 0.2) is 37.0 Å². The summed E-state index contributed by atoms with van der Waals surface area (Å²) in [6.45, 7) is 3.83. The highest BCUT2D eigenvalue weighted by Crippen LogP contribution is 2.26. The molecule has 0 aliphatic carbocycles. The van der Waals surface area contributed by atoms with Crippen molar-refractivity contribution in [2.24, 2.45) is 12.8 Å². The van der Waals surface area contributed by atoms with Gasteiger partial charge in [-0.3, -0.25) is 0 Å². The van der Waals surface area contributed by atoms with Gasteiger partial charge in [-0.25, -0.2) is 0 Å². The molecule has 0 bridgehead atoms. The van der Waals surface area contributed by atoms with Gasteiger partial charge in [-0.1, -0.05) is 24.8 Å². The summed E-state index contributed by atoms with van der Waals surface area (Å²) < 4.78 is 2.12. The van der Waals surface area contributed by atoms with Crippen molar-refractivity contribution in [1.29, 1.82) is 0 Å². The van der Waals surface area contributed by atoms with E-state index in [0.29, 0.717) is 0 Å².